The summed E-state index contributed by atoms with van der Waals surface area (Å²) in [6, 6.07) is 12.5. The number of benzene rings is 1. The Labute approximate surface area is 171 Å². The van der Waals surface area contributed by atoms with E-state index in [1.807, 2.05) is 0 Å². The Morgan fingerprint density at radius 3 is 1.96 bits per heavy atom. The Morgan fingerprint density at radius 2 is 1.43 bits per heavy atom. The first kappa shape index (κ1) is 22.1. The Morgan fingerprint density at radius 1 is 0.857 bits per heavy atom. The van der Waals surface area contributed by atoms with Crippen molar-refractivity contribution < 1.29 is 0 Å². The smallest absolute Gasteiger partial charge is 0.0559 e. The largest absolute Gasteiger partial charge is 0.330 e. The fourth-order valence-electron chi connectivity index (χ4n) is 3.06. The minimum Gasteiger partial charge on any atom is -0.330 e. The van der Waals surface area contributed by atoms with Crippen molar-refractivity contribution in [3.63, 3.8) is 0 Å². The van der Waals surface area contributed by atoms with Crippen molar-refractivity contribution in [2.45, 2.75) is 40.3 Å². The first-order valence-corrected chi connectivity index (χ1v) is 10.2. The molecule has 0 saturated carbocycles. The minimum atomic E-state index is 0.771. The van der Waals surface area contributed by atoms with Gasteiger partial charge in [0.25, 0.3) is 0 Å². The van der Waals surface area contributed by atoms with Gasteiger partial charge in [0, 0.05) is 24.2 Å². The highest BCUT2D eigenvalue weighted by Crippen LogP contribution is 2.11. The van der Waals surface area contributed by atoms with Gasteiger partial charge in [-0.2, -0.15) is 0 Å². The summed E-state index contributed by atoms with van der Waals surface area (Å²) in [5.41, 5.74) is 5.40. The third kappa shape index (κ3) is 7.11. The van der Waals surface area contributed by atoms with Crippen molar-refractivity contribution in [1.29, 1.82) is 0 Å². The fourth-order valence-corrected chi connectivity index (χ4v) is 3.06. The lowest BCUT2D eigenvalue weighted by atomic mass is 10.1. The quantitative estimate of drug-likeness (QED) is 0.475. The molecular weight excluding hydrogens is 342 g/mol. The molecule has 0 N–H and O–H groups in total. The van der Waals surface area contributed by atoms with Gasteiger partial charge in [0.2, 0.25) is 0 Å². The number of pyridine rings is 1. The van der Waals surface area contributed by atoms with E-state index in [4.69, 9.17) is 4.98 Å². The van der Waals surface area contributed by atoms with Gasteiger partial charge in [-0.15, -0.1) is 13.1 Å². The molecule has 0 saturated heterocycles. The van der Waals surface area contributed by atoms with Crippen molar-refractivity contribution >= 4 is 0 Å². The molecule has 150 valence electrons. The Kier molecular flexibility index (Phi) is 9.20. The minimum absolute atomic E-state index is 0.771. The van der Waals surface area contributed by atoms with Gasteiger partial charge in [-0.05, 0) is 50.7 Å². The molecule has 2 rings (SSSR count). The molecule has 0 bridgehead atoms. The number of aromatic nitrogens is 1. The van der Waals surface area contributed by atoms with Crippen LogP contribution in [0.1, 0.15) is 48.3 Å². The van der Waals surface area contributed by atoms with E-state index in [0.717, 1.165) is 68.2 Å². The second kappa shape index (κ2) is 11.6. The SMILES string of the molecule is [CH2-]CN(CC)Cc1cc(C#Cc2ccc(C)cc2)cc(CN(C[CH2-])CCC)n1. The van der Waals surface area contributed by atoms with Crippen LogP contribution >= 0.6 is 0 Å². The number of aryl methyl sites for hydroxylation is 1. The zero-order chi connectivity index (χ0) is 20.4. The molecule has 3 nitrogen and oxygen atoms in total. The van der Waals surface area contributed by atoms with E-state index < -0.39 is 0 Å². The summed E-state index contributed by atoms with van der Waals surface area (Å²) < 4.78 is 0. The van der Waals surface area contributed by atoms with Gasteiger partial charge in [-0.3, -0.25) is 4.98 Å². The Hall–Kier alpha value is -2.15. The normalized spacial score (nSPS) is 11.0. The lowest BCUT2D eigenvalue weighted by Gasteiger charge is -2.24. The highest BCUT2D eigenvalue weighted by molar-refractivity contribution is 5.44. The molecule has 0 aliphatic carbocycles. The van der Waals surface area contributed by atoms with E-state index >= 15 is 0 Å². The van der Waals surface area contributed by atoms with Gasteiger partial charge in [-0.25, -0.2) is 0 Å². The molecule has 1 aromatic carbocycles. The Bertz CT molecular complexity index is 780. The number of hydrogen-bond acceptors (Lipinski definition) is 3. The molecule has 0 atom stereocenters. The average molecular weight is 376 g/mol. The van der Waals surface area contributed by atoms with Gasteiger partial charge in [0.15, 0.2) is 0 Å². The van der Waals surface area contributed by atoms with Crippen molar-refractivity contribution in [2.75, 3.05) is 26.2 Å². The summed E-state index contributed by atoms with van der Waals surface area (Å²) in [5.74, 6) is 6.62. The molecule has 1 aromatic heterocycles. The van der Waals surface area contributed by atoms with Crippen LogP contribution in [0, 0.1) is 32.6 Å². The highest BCUT2D eigenvalue weighted by atomic mass is 15.1. The third-order valence-corrected chi connectivity index (χ3v) is 4.72. The van der Waals surface area contributed by atoms with Crippen LogP contribution in [-0.2, 0) is 13.1 Å². The lowest BCUT2D eigenvalue weighted by Crippen LogP contribution is -2.26. The molecule has 0 unspecified atom stereocenters. The molecular formula is C25H33N3-2. The van der Waals surface area contributed by atoms with Crippen LogP contribution in [0.15, 0.2) is 36.4 Å². The molecule has 28 heavy (non-hydrogen) atoms. The molecule has 0 fully saturated rings. The fraction of sp³-hybridized carbons (Fsp3) is 0.400. The van der Waals surface area contributed by atoms with Crippen LogP contribution in [-0.4, -0.2) is 41.0 Å². The molecule has 0 aliphatic heterocycles. The van der Waals surface area contributed by atoms with Gasteiger partial charge in [-0.1, -0.05) is 43.4 Å². The molecule has 0 spiro atoms. The Balaban J connectivity index is 2.31. The molecule has 3 heteroatoms. The second-order valence-electron chi connectivity index (χ2n) is 7.10. The van der Waals surface area contributed by atoms with E-state index in [2.05, 4.69) is 92.7 Å². The van der Waals surface area contributed by atoms with Crippen molar-refractivity contribution in [3.05, 3.63) is 78.3 Å². The van der Waals surface area contributed by atoms with Crippen LogP contribution in [0.3, 0.4) is 0 Å². The maximum Gasteiger partial charge on any atom is 0.0559 e. The van der Waals surface area contributed by atoms with Crippen molar-refractivity contribution in [3.8, 4) is 11.8 Å². The van der Waals surface area contributed by atoms with E-state index in [1.165, 1.54) is 5.56 Å². The number of hydrogen-bond donors (Lipinski definition) is 0. The summed E-state index contributed by atoms with van der Waals surface area (Å²) in [6.07, 6.45) is 1.11. The van der Waals surface area contributed by atoms with Gasteiger partial charge in [0.1, 0.15) is 0 Å². The monoisotopic (exact) mass is 375 g/mol. The van der Waals surface area contributed by atoms with Crippen LogP contribution in [0.4, 0.5) is 0 Å². The van der Waals surface area contributed by atoms with Crippen LogP contribution in [0.25, 0.3) is 0 Å². The molecule has 0 radical (unpaired) electrons. The van der Waals surface area contributed by atoms with Crippen LogP contribution < -0.4 is 0 Å². The van der Waals surface area contributed by atoms with Gasteiger partial charge in [0.05, 0.1) is 11.4 Å². The first-order chi connectivity index (χ1) is 13.6. The molecule has 0 aliphatic rings. The standard InChI is InChI=1S/C25H33N3/c1-6-16-28(9-4)20-25-18-23(15-14-22-12-10-21(5)11-13-22)17-24(26-25)19-27(7-2)8-3/h10-13,17-18H,2,4,6-9,16,19-20H2,1,3,5H3/q-2. The summed E-state index contributed by atoms with van der Waals surface area (Å²) >= 11 is 0. The first-order valence-electron chi connectivity index (χ1n) is 10.2. The molecule has 0 amide bonds. The van der Waals surface area contributed by atoms with E-state index in [0.29, 0.717) is 0 Å². The van der Waals surface area contributed by atoms with E-state index in [9.17, 15) is 0 Å². The van der Waals surface area contributed by atoms with Crippen LogP contribution in [0.5, 0.6) is 0 Å². The summed E-state index contributed by atoms with van der Waals surface area (Å²) in [4.78, 5) is 9.49. The molecule has 1 heterocycles. The second-order valence-corrected chi connectivity index (χ2v) is 7.10. The predicted octanol–water partition coefficient (Wildman–Crippen LogP) is 4.49. The lowest BCUT2D eigenvalue weighted by molar-refractivity contribution is 0.286. The zero-order valence-electron chi connectivity index (χ0n) is 17.7. The topological polar surface area (TPSA) is 19.4 Å². The van der Waals surface area contributed by atoms with Crippen LogP contribution in [0.2, 0.25) is 0 Å². The number of nitrogens with zero attached hydrogens (tertiary/aromatic N) is 3. The zero-order valence-corrected chi connectivity index (χ0v) is 17.7. The predicted molar refractivity (Wildman–Crippen MR) is 119 cm³/mol. The van der Waals surface area contributed by atoms with Gasteiger partial charge >= 0.3 is 0 Å². The van der Waals surface area contributed by atoms with Crippen molar-refractivity contribution in [1.82, 2.24) is 14.8 Å². The van der Waals surface area contributed by atoms with E-state index in [-0.39, 0.29) is 0 Å². The average Bonchev–Trinajstić information content (AvgIpc) is 2.71. The maximum absolute atomic E-state index is 4.90. The van der Waals surface area contributed by atoms with Gasteiger partial charge < -0.3 is 23.6 Å². The summed E-state index contributed by atoms with van der Waals surface area (Å²) in [7, 11) is 0. The third-order valence-electron chi connectivity index (χ3n) is 4.72. The van der Waals surface area contributed by atoms with E-state index in [1.54, 1.807) is 0 Å². The highest BCUT2D eigenvalue weighted by Gasteiger charge is 2.07. The number of rotatable bonds is 9. The summed E-state index contributed by atoms with van der Waals surface area (Å²) in [6.45, 7) is 19.7. The molecule has 2 aromatic rings. The summed E-state index contributed by atoms with van der Waals surface area (Å²) in [5, 5.41) is 0. The van der Waals surface area contributed by atoms with Crippen molar-refractivity contribution in [2.24, 2.45) is 0 Å². The maximum atomic E-state index is 4.90.